The molecule has 1 aliphatic rings. The van der Waals surface area contributed by atoms with Crippen LogP contribution in [0.1, 0.15) is 28.7 Å². The molecule has 2 N–H and O–H groups in total. The van der Waals surface area contributed by atoms with E-state index >= 15 is 0 Å². The van der Waals surface area contributed by atoms with Gasteiger partial charge in [-0.25, -0.2) is 9.97 Å². The Morgan fingerprint density at radius 1 is 1.15 bits per heavy atom. The van der Waals surface area contributed by atoms with Crippen molar-refractivity contribution >= 4 is 22.9 Å². The number of thiazole rings is 1. The van der Waals surface area contributed by atoms with Gasteiger partial charge in [0.25, 0.3) is 0 Å². The van der Waals surface area contributed by atoms with Crippen molar-refractivity contribution in [2.24, 2.45) is 5.16 Å². The number of oxime groups is 1. The van der Waals surface area contributed by atoms with Gasteiger partial charge in [-0.15, -0.1) is 11.3 Å². The van der Waals surface area contributed by atoms with E-state index in [1.165, 1.54) is 0 Å². The molecule has 132 valence electrons. The van der Waals surface area contributed by atoms with E-state index < -0.39 is 0 Å². The standard InChI is InChI=1S/C19H18N4O2S/c20-19-16(2-1-7-22-19)17-11-14(23-25-17)10-13-3-5-15(6-4-13)24-12-18-21-8-9-26-18/h1-9,17H,10-12H2,(H2,20,22). The predicted octanol–water partition coefficient (Wildman–Crippen LogP) is 3.76. The monoisotopic (exact) mass is 366 g/mol. The first-order chi connectivity index (χ1) is 12.8. The van der Waals surface area contributed by atoms with Crippen LogP contribution < -0.4 is 10.5 Å². The number of nitrogen functional groups attached to an aromatic ring is 1. The van der Waals surface area contributed by atoms with Crippen molar-refractivity contribution in [2.45, 2.75) is 25.6 Å². The number of pyridine rings is 1. The van der Waals surface area contributed by atoms with Crippen molar-refractivity contribution in [1.29, 1.82) is 0 Å². The van der Waals surface area contributed by atoms with Gasteiger partial charge in [-0.2, -0.15) is 0 Å². The highest BCUT2D eigenvalue weighted by molar-refractivity contribution is 7.09. The normalized spacial score (nSPS) is 16.2. The quantitative estimate of drug-likeness (QED) is 0.718. The lowest BCUT2D eigenvalue weighted by Gasteiger charge is -2.10. The molecule has 0 saturated carbocycles. The molecule has 3 heterocycles. The molecule has 0 saturated heterocycles. The van der Waals surface area contributed by atoms with Gasteiger partial charge in [-0.3, -0.25) is 0 Å². The van der Waals surface area contributed by atoms with E-state index in [1.807, 2.05) is 41.8 Å². The molecule has 1 atom stereocenters. The third-order valence-electron chi connectivity index (χ3n) is 4.13. The average molecular weight is 366 g/mol. The SMILES string of the molecule is Nc1ncccc1C1CC(Cc2ccc(OCc3nccs3)cc2)=NO1. The molecule has 4 rings (SSSR count). The van der Waals surface area contributed by atoms with Crippen molar-refractivity contribution in [3.63, 3.8) is 0 Å². The van der Waals surface area contributed by atoms with Gasteiger partial charge < -0.3 is 15.3 Å². The second kappa shape index (κ2) is 7.53. The van der Waals surface area contributed by atoms with Crippen molar-refractivity contribution in [1.82, 2.24) is 9.97 Å². The first-order valence-corrected chi connectivity index (χ1v) is 9.18. The number of ether oxygens (including phenoxy) is 1. The topological polar surface area (TPSA) is 82.6 Å². The van der Waals surface area contributed by atoms with E-state index in [0.717, 1.165) is 40.4 Å². The van der Waals surface area contributed by atoms with Crippen LogP contribution in [-0.4, -0.2) is 15.7 Å². The highest BCUT2D eigenvalue weighted by Gasteiger charge is 2.24. The van der Waals surface area contributed by atoms with E-state index in [1.54, 1.807) is 23.7 Å². The Bertz CT molecular complexity index is 894. The molecule has 0 bridgehead atoms. The molecule has 0 fully saturated rings. The maximum Gasteiger partial charge on any atom is 0.161 e. The van der Waals surface area contributed by atoms with E-state index in [-0.39, 0.29) is 6.10 Å². The number of anilines is 1. The summed E-state index contributed by atoms with van der Waals surface area (Å²) in [5, 5.41) is 7.13. The minimum Gasteiger partial charge on any atom is -0.486 e. The molecule has 0 spiro atoms. The van der Waals surface area contributed by atoms with Gasteiger partial charge in [-0.1, -0.05) is 17.3 Å². The molecule has 1 aliphatic heterocycles. The summed E-state index contributed by atoms with van der Waals surface area (Å²) in [7, 11) is 0. The minimum atomic E-state index is -0.153. The fourth-order valence-corrected chi connectivity index (χ4v) is 3.34. The summed E-state index contributed by atoms with van der Waals surface area (Å²) < 4.78 is 5.74. The molecule has 1 unspecified atom stereocenters. The number of benzene rings is 1. The van der Waals surface area contributed by atoms with Crippen molar-refractivity contribution in [3.05, 3.63) is 70.3 Å². The molecule has 0 aliphatic carbocycles. The summed E-state index contributed by atoms with van der Waals surface area (Å²) >= 11 is 1.59. The van der Waals surface area contributed by atoms with Crippen LogP contribution in [0.25, 0.3) is 0 Å². The molecular weight excluding hydrogens is 348 g/mol. The molecular formula is C19H18N4O2S. The zero-order valence-electron chi connectivity index (χ0n) is 14.0. The van der Waals surface area contributed by atoms with Crippen LogP contribution in [0.15, 0.2) is 59.3 Å². The predicted molar refractivity (Wildman–Crippen MR) is 101 cm³/mol. The molecule has 26 heavy (non-hydrogen) atoms. The van der Waals surface area contributed by atoms with Crippen LogP contribution in [-0.2, 0) is 17.9 Å². The Kier molecular flexibility index (Phi) is 4.79. The van der Waals surface area contributed by atoms with Crippen molar-refractivity contribution in [2.75, 3.05) is 5.73 Å². The zero-order chi connectivity index (χ0) is 17.8. The lowest BCUT2D eigenvalue weighted by atomic mass is 10.0. The van der Waals surface area contributed by atoms with Crippen LogP contribution in [0.5, 0.6) is 5.75 Å². The number of hydrogen-bond acceptors (Lipinski definition) is 7. The van der Waals surface area contributed by atoms with Crippen LogP contribution in [0.3, 0.4) is 0 Å². The number of aromatic nitrogens is 2. The molecule has 0 amide bonds. The molecule has 2 aromatic heterocycles. The van der Waals surface area contributed by atoms with Gasteiger partial charge in [0.2, 0.25) is 0 Å². The third kappa shape index (κ3) is 3.83. The summed E-state index contributed by atoms with van der Waals surface area (Å²) in [4.78, 5) is 13.9. The Morgan fingerprint density at radius 3 is 2.81 bits per heavy atom. The van der Waals surface area contributed by atoms with Crippen molar-refractivity contribution in [3.8, 4) is 5.75 Å². The highest BCUT2D eigenvalue weighted by Crippen LogP contribution is 2.31. The van der Waals surface area contributed by atoms with Crippen LogP contribution in [0.2, 0.25) is 0 Å². The van der Waals surface area contributed by atoms with Crippen LogP contribution in [0, 0.1) is 0 Å². The van der Waals surface area contributed by atoms with Crippen molar-refractivity contribution < 1.29 is 9.57 Å². The van der Waals surface area contributed by atoms with E-state index in [2.05, 4.69) is 15.1 Å². The Labute approximate surface area is 155 Å². The van der Waals surface area contributed by atoms with Gasteiger partial charge in [0.05, 0.1) is 5.71 Å². The van der Waals surface area contributed by atoms with Gasteiger partial charge >= 0.3 is 0 Å². The summed E-state index contributed by atoms with van der Waals surface area (Å²) in [6.45, 7) is 0.492. The van der Waals surface area contributed by atoms with Gasteiger partial charge in [-0.05, 0) is 29.8 Å². The van der Waals surface area contributed by atoms with Gasteiger partial charge in [0, 0.05) is 36.2 Å². The number of nitrogens with zero attached hydrogens (tertiary/aromatic N) is 3. The van der Waals surface area contributed by atoms with E-state index in [9.17, 15) is 0 Å². The molecule has 7 heteroatoms. The Hall–Kier alpha value is -2.93. The summed E-state index contributed by atoms with van der Waals surface area (Å²) in [5.41, 5.74) is 8.96. The van der Waals surface area contributed by atoms with Gasteiger partial charge in [0.1, 0.15) is 23.2 Å². The van der Waals surface area contributed by atoms with Crippen LogP contribution in [0.4, 0.5) is 5.82 Å². The lowest BCUT2D eigenvalue weighted by Crippen LogP contribution is -2.06. The average Bonchev–Trinajstić information content (AvgIpc) is 3.34. The summed E-state index contributed by atoms with van der Waals surface area (Å²) in [6.07, 6.45) is 4.76. The number of rotatable bonds is 6. The van der Waals surface area contributed by atoms with Crippen LogP contribution >= 0.6 is 11.3 Å². The molecule has 6 nitrogen and oxygen atoms in total. The first kappa shape index (κ1) is 16.5. The van der Waals surface area contributed by atoms with E-state index in [0.29, 0.717) is 12.4 Å². The van der Waals surface area contributed by atoms with E-state index in [4.69, 9.17) is 15.3 Å². The second-order valence-corrected chi connectivity index (χ2v) is 6.95. The Balaban J connectivity index is 1.32. The zero-order valence-corrected chi connectivity index (χ0v) is 14.9. The van der Waals surface area contributed by atoms with Gasteiger partial charge in [0.15, 0.2) is 6.10 Å². The highest BCUT2D eigenvalue weighted by atomic mass is 32.1. The minimum absolute atomic E-state index is 0.153. The largest absolute Gasteiger partial charge is 0.486 e. The number of hydrogen-bond donors (Lipinski definition) is 1. The Morgan fingerprint density at radius 2 is 2.04 bits per heavy atom. The fraction of sp³-hybridized carbons (Fsp3) is 0.211. The first-order valence-electron chi connectivity index (χ1n) is 8.30. The molecule has 0 radical (unpaired) electrons. The smallest absolute Gasteiger partial charge is 0.161 e. The second-order valence-electron chi connectivity index (χ2n) is 5.97. The molecule has 3 aromatic rings. The maximum absolute atomic E-state index is 5.92. The lowest BCUT2D eigenvalue weighted by molar-refractivity contribution is 0.0860. The third-order valence-corrected chi connectivity index (χ3v) is 4.88. The molecule has 1 aromatic carbocycles. The maximum atomic E-state index is 5.92. The number of nitrogens with two attached hydrogens (primary N) is 1. The summed E-state index contributed by atoms with van der Waals surface area (Å²) in [5.74, 6) is 1.32. The summed E-state index contributed by atoms with van der Waals surface area (Å²) in [6, 6.07) is 11.8. The fourth-order valence-electron chi connectivity index (χ4n) is 2.81.